The van der Waals surface area contributed by atoms with E-state index in [1.54, 1.807) is 20.8 Å². The van der Waals surface area contributed by atoms with Crippen molar-refractivity contribution in [2.75, 3.05) is 0 Å². The number of hydrogen-bond donors (Lipinski definition) is 1. The minimum Gasteiger partial charge on any atom is -0.384 e. The number of aliphatic hydroxyl groups is 1. The molecule has 0 spiro atoms. The number of aliphatic hydroxyl groups excluding tert-OH is 1. The number of rotatable bonds is 2. The first-order valence-corrected chi connectivity index (χ1v) is 6.11. The average Bonchev–Trinajstić information content (AvgIpc) is 2.26. The molecule has 2 rings (SSSR count). The Bertz CT molecular complexity index is 597. The van der Waals surface area contributed by atoms with Gasteiger partial charge in [0.2, 0.25) is 0 Å². The molecule has 0 radical (unpaired) electrons. The van der Waals surface area contributed by atoms with Crippen LogP contribution in [0.3, 0.4) is 0 Å². The van der Waals surface area contributed by atoms with Crippen LogP contribution in [0.2, 0.25) is 0 Å². The lowest BCUT2D eigenvalue weighted by molar-refractivity contribution is 0.213. The van der Waals surface area contributed by atoms with Gasteiger partial charge in [-0.25, -0.2) is 8.78 Å². The van der Waals surface area contributed by atoms with E-state index >= 15 is 0 Å². The van der Waals surface area contributed by atoms with Crippen LogP contribution in [-0.2, 0) is 0 Å². The lowest BCUT2D eigenvalue weighted by atomic mass is 9.93. The summed E-state index contributed by atoms with van der Waals surface area (Å²) in [6, 6.07) is 7.31. The molecule has 0 aliphatic carbocycles. The Balaban J connectivity index is 2.53. The first kappa shape index (κ1) is 13.7. The number of halogens is 2. The molecule has 1 unspecified atom stereocenters. The smallest absolute Gasteiger partial charge is 0.129 e. The van der Waals surface area contributed by atoms with Gasteiger partial charge in [0, 0.05) is 5.56 Å². The third kappa shape index (κ3) is 2.66. The van der Waals surface area contributed by atoms with Crippen LogP contribution in [0, 0.1) is 32.4 Å². The van der Waals surface area contributed by atoms with E-state index in [9.17, 15) is 13.9 Å². The molecule has 2 aromatic carbocycles. The molecule has 1 nitrogen and oxygen atoms in total. The van der Waals surface area contributed by atoms with Gasteiger partial charge in [0.15, 0.2) is 0 Å². The van der Waals surface area contributed by atoms with Crippen LogP contribution in [0.25, 0.3) is 0 Å². The van der Waals surface area contributed by atoms with Crippen molar-refractivity contribution in [2.45, 2.75) is 26.9 Å². The van der Waals surface area contributed by atoms with Crippen LogP contribution < -0.4 is 0 Å². The summed E-state index contributed by atoms with van der Waals surface area (Å²) in [7, 11) is 0. The fourth-order valence-corrected chi connectivity index (χ4v) is 2.37. The zero-order valence-electron chi connectivity index (χ0n) is 11.2. The van der Waals surface area contributed by atoms with Crippen LogP contribution in [-0.4, -0.2) is 5.11 Å². The van der Waals surface area contributed by atoms with E-state index in [1.165, 1.54) is 24.3 Å². The Morgan fingerprint density at radius 3 is 2.21 bits per heavy atom. The van der Waals surface area contributed by atoms with Gasteiger partial charge in [0.1, 0.15) is 17.7 Å². The highest BCUT2D eigenvalue weighted by Crippen LogP contribution is 2.30. The lowest BCUT2D eigenvalue weighted by Gasteiger charge is -2.18. The number of benzene rings is 2. The molecular formula is C16H16F2O. The monoisotopic (exact) mass is 262 g/mol. The predicted octanol–water partition coefficient (Wildman–Crippen LogP) is 3.97. The summed E-state index contributed by atoms with van der Waals surface area (Å²) < 4.78 is 27.1. The van der Waals surface area contributed by atoms with Crippen molar-refractivity contribution in [3.05, 3.63) is 69.8 Å². The van der Waals surface area contributed by atoms with Crippen LogP contribution in [0.1, 0.15) is 33.9 Å². The molecule has 3 heteroatoms. The molecular weight excluding hydrogens is 246 g/mol. The van der Waals surface area contributed by atoms with E-state index in [4.69, 9.17) is 0 Å². The summed E-state index contributed by atoms with van der Waals surface area (Å²) >= 11 is 0. The second kappa shape index (κ2) is 5.10. The minimum absolute atomic E-state index is 0.250. The maximum atomic E-state index is 14.0. The molecule has 0 heterocycles. The van der Waals surface area contributed by atoms with E-state index in [0.717, 1.165) is 5.56 Å². The normalized spacial score (nSPS) is 12.5. The van der Waals surface area contributed by atoms with Crippen LogP contribution >= 0.6 is 0 Å². The summed E-state index contributed by atoms with van der Waals surface area (Å²) in [4.78, 5) is 0. The van der Waals surface area contributed by atoms with Gasteiger partial charge in [0.05, 0.1) is 0 Å². The Morgan fingerprint density at radius 2 is 1.63 bits per heavy atom. The van der Waals surface area contributed by atoms with Gasteiger partial charge in [-0.3, -0.25) is 0 Å². The fraction of sp³-hybridized carbons (Fsp3) is 0.250. The Hall–Kier alpha value is -1.74. The molecule has 0 aromatic heterocycles. The number of aryl methyl sites for hydroxylation is 3. The highest BCUT2D eigenvalue weighted by atomic mass is 19.1. The molecule has 0 amide bonds. The zero-order valence-corrected chi connectivity index (χ0v) is 11.2. The van der Waals surface area contributed by atoms with Gasteiger partial charge in [-0.15, -0.1) is 0 Å². The zero-order chi connectivity index (χ0) is 14.2. The van der Waals surface area contributed by atoms with Crippen LogP contribution in [0.5, 0.6) is 0 Å². The maximum absolute atomic E-state index is 14.0. The summed E-state index contributed by atoms with van der Waals surface area (Å²) in [6.45, 7) is 5.26. The van der Waals surface area contributed by atoms with Crippen molar-refractivity contribution in [3.63, 3.8) is 0 Å². The second-order valence-electron chi connectivity index (χ2n) is 4.88. The van der Waals surface area contributed by atoms with Gasteiger partial charge in [-0.05, 0) is 61.2 Å². The second-order valence-corrected chi connectivity index (χ2v) is 4.88. The quantitative estimate of drug-likeness (QED) is 0.868. The Kier molecular flexibility index (Phi) is 3.67. The molecule has 2 aromatic rings. The summed E-state index contributed by atoms with van der Waals surface area (Å²) in [5, 5.41) is 10.4. The molecule has 1 N–H and O–H groups in total. The topological polar surface area (TPSA) is 20.2 Å². The fourth-order valence-electron chi connectivity index (χ4n) is 2.37. The molecule has 0 fully saturated rings. The van der Waals surface area contributed by atoms with E-state index in [-0.39, 0.29) is 11.4 Å². The SMILES string of the molecule is Cc1cc(C)c(C(O)c2ccc(F)cc2C)c(F)c1. The summed E-state index contributed by atoms with van der Waals surface area (Å²) in [6.07, 6.45) is -1.08. The van der Waals surface area contributed by atoms with Gasteiger partial charge < -0.3 is 5.11 Å². The average molecular weight is 262 g/mol. The first-order chi connectivity index (χ1) is 8.90. The maximum Gasteiger partial charge on any atom is 0.129 e. The van der Waals surface area contributed by atoms with E-state index in [1.807, 2.05) is 6.07 Å². The van der Waals surface area contributed by atoms with Gasteiger partial charge in [-0.1, -0.05) is 12.1 Å². The van der Waals surface area contributed by atoms with Gasteiger partial charge >= 0.3 is 0 Å². The largest absolute Gasteiger partial charge is 0.384 e. The molecule has 0 saturated carbocycles. The molecule has 0 bridgehead atoms. The van der Waals surface area contributed by atoms with E-state index < -0.39 is 11.9 Å². The highest BCUT2D eigenvalue weighted by molar-refractivity contribution is 5.41. The standard InChI is InChI=1S/C16H16F2O/c1-9-6-11(3)15(14(18)7-9)16(19)13-5-4-12(17)8-10(13)2/h4-8,16,19H,1-3H3. The lowest BCUT2D eigenvalue weighted by Crippen LogP contribution is -2.07. The van der Waals surface area contributed by atoms with Crippen molar-refractivity contribution in [2.24, 2.45) is 0 Å². The molecule has 0 aliphatic heterocycles. The molecule has 1 atom stereocenters. The van der Waals surface area contributed by atoms with E-state index in [0.29, 0.717) is 16.7 Å². The third-order valence-electron chi connectivity index (χ3n) is 3.28. The first-order valence-electron chi connectivity index (χ1n) is 6.11. The van der Waals surface area contributed by atoms with Crippen molar-refractivity contribution in [1.82, 2.24) is 0 Å². The summed E-state index contributed by atoms with van der Waals surface area (Å²) in [5.41, 5.74) is 2.87. The minimum atomic E-state index is -1.08. The highest BCUT2D eigenvalue weighted by Gasteiger charge is 2.19. The van der Waals surface area contributed by atoms with Crippen molar-refractivity contribution in [3.8, 4) is 0 Å². The predicted molar refractivity (Wildman–Crippen MR) is 71.1 cm³/mol. The summed E-state index contributed by atoms with van der Waals surface area (Å²) in [5.74, 6) is -0.803. The molecule has 0 aliphatic rings. The van der Waals surface area contributed by atoms with Gasteiger partial charge in [0.25, 0.3) is 0 Å². The molecule has 100 valence electrons. The van der Waals surface area contributed by atoms with Crippen molar-refractivity contribution in [1.29, 1.82) is 0 Å². The van der Waals surface area contributed by atoms with Crippen LogP contribution in [0.4, 0.5) is 8.78 Å². The van der Waals surface area contributed by atoms with Crippen molar-refractivity contribution >= 4 is 0 Å². The Labute approximate surface area is 111 Å². The van der Waals surface area contributed by atoms with Gasteiger partial charge in [-0.2, -0.15) is 0 Å². The molecule has 19 heavy (non-hydrogen) atoms. The Morgan fingerprint density at radius 1 is 0.947 bits per heavy atom. The van der Waals surface area contributed by atoms with E-state index in [2.05, 4.69) is 0 Å². The van der Waals surface area contributed by atoms with Crippen LogP contribution in [0.15, 0.2) is 30.3 Å². The molecule has 0 saturated heterocycles. The number of hydrogen-bond acceptors (Lipinski definition) is 1. The van der Waals surface area contributed by atoms with Crippen molar-refractivity contribution < 1.29 is 13.9 Å². The third-order valence-corrected chi connectivity index (χ3v) is 3.28.